The van der Waals surface area contributed by atoms with Gasteiger partial charge in [0.05, 0.1) is 21.3 Å². The van der Waals surface area contributed by atoms with Crippen molar-refractivity contribution in [2.45, 2.75) is 13.3 Å². The number of amides is 1. The predicted molar refractivity (Wildman–Crippen MR) is 93.3 cm³/mol. The first kappa shape index (κ1) is 17.7. The van der Waals surface area contributed by atoms with Crippen molar-refractivity contribution in [3.05, 3.63) is 53.1 Å². The van der Waals surface area contributed by atoms with Gasteiger partial charge in [-0.15, -0.1) is 0 Å². The van der Waals surface area contributed by atoms with Gasteiger partial charge < -0.3 is 19.5 Å². The van der Waals surface area contributed by atoms with Crippen LogP contribution in [-0.4, -0.2) is 33.8 Å². The molecule has 0 aliphatic rings. The van der Waals surface area contributed by atoms with E-state index in [1.165, 1.54) is 0 Å². The Balaban J connectivity index is 2.01. The molecule has 0 atom stereocenters. The van der Waals surface area contributed by atoms with Gasteiger partial charge >= 0.3 is 0 Å². The van der Waals surface area contributed by atoms with Crippen molar-refractivity contribution in [1.29, 1.82) is 0 Å². The third kappa shape index (κ3) is 4.19. The molecule has 1 amide bonds. The molecule has 0 heterocycles. The van der Waals surface area contributed by atoms with Crippen molar-refractivity contribution < 1.29 is 19.0 Å². The summed E-state index contributed by atoms with van der Waals surface area (Å²) in [7, 11) is 4.74. The maximum atomic E-state index is 12.1. The molecule has 0 unspecified atom stereocenters. The number of hydrogen-bond acceptors (Lipinski definition) is 4. The Morgan fingerprint density at radius 3 is 2.04 bits per heavy atom. The van der Waals surface area contributed by atoms with Gasteiger partial charge in [-0.25, -0.2) is 0 Å². The number of benzene rings is 2. The molecule has 0 spiro atoms. The second kappa shape index (κ2) is 8.24. The number of ether oxygens (including phenoxy) is 3. The summed E-state index contributed by atoms with van der Waals surface area (Å²) in [5, 5.41) is 2.92. The highest BCUT2D eigenvalue weighted by molar-refractivity contribution is 5.94. The highest BCUT2D eigenvalue weighted by Gasteiger charge is 2.13. The van der Waals surface area contributed by atoms with Crippen molar-refractivity contribution in [2.24, 2.45) is 0 Å². The van der Waals surface area contributed by atoms with E-state index in [9.17, 15) is 4.79 Å². The van der Waals surface area contributed by atoms with Crippen LogP contribution in [0.3, 0.4) is 0 Å². The first-order valence-corrected chi connectivity index (χ1v) is 7.72. The molecule has 128 valence electrons. The summed E-state index contributed by atoms with van der Waals surface area (Å²) in [6.45, 7) is 2.51. The lowest BCUT2D eigenvalue weighted by molar-refractivity contribution is 0.0954. The molecule has 2 aromatic carbocycles. The fourth-order valence-corrected chi connectivity index (χ4v) is 2.41. The second-order valence-electron chi connectivity index (χ2n) is 5.41. The Morgan fingerprint density at radius 1 is 0.958 bits per heavy atom. The molecule has 0 fully saturated rings. The van der Waals surface area contributed by atoms with Gasteiger partial charge in [-0.3, -0.25) is 4.79 Å². The molecule has 2 rings (SSSR count). The average Bonchev–Trinajstić information content (AvgIpc) is 2.61. The fourth-order valence-electron chi connectivity index (χ4n) is 2.41. The minimum absolute atomic E-state index is 0.0811. The molecule has 5 heteroatoms. The monoisotopic (exact) mass is 329 g/mol. The van der Waals surface area contributed by atoms with Gasteiger partial charge in [0.25, 0.3) is 5.91 Å². The SMILES string of the molecule is COc1cc(CCNC(=O)c2ccc(C)cc2)cc(OC)c1OC. The minimum Gasteiger partial charge on any atom is -0.493 e. The number of hydrogen-bond donors (Lipinski definition) is 1. The summed E-state index contributed by atoms with van der Waals surface area (Å²) in [4.78, 5) is 12.1. The van der Waals surface area contributed by atoms with Crippen LogP contribution in [0.4, 0.5) is 0 Å². The van der Waals surface area contributed by atoms with E-state index in [1.54, 1.807) is 21.3 Å². The standard InChI is InChI=1S/C19H23NO4/c1-13-5-7-15(8-6-13)19(21)20-10-9-14-11-16(22-2)18(24-4)17(12-14)23-3/h5-8,11-12H,9-10H2,1-4H3,(H,20,21). The topological polar surface area (TPSA) is 56.8 Å². The summed E-state index contributed by atoms with van der Waals surface area (Å²) in [5.41, 5.74) is 2.78. The van der Waals surface area contributed by atoms with E-state index in [-0.39, 0.29) is 5.91 Å². The zero-order chi connectivity index (χ0) is 17.5. The van der Waals surface area contributed by atoms with Crippen LogP contribution in [0.5, 0.6) is 17.2 Å². The van der Waals surface area contributed by atoms with E-state index in [0.717, 1.165) is 11.1 Å². The molecule has 0 aliphatic heterocycles. The van der Waals surface area contributed by atoms with Gasteiger partial charge in [-0.05, 0) is 43.2 Å². The first-order chi connectivity index (χ1) is 11.6. The Hall–Kier alpha value is -2.69. The number of carbonyl (C=O) groups excluding carboxylic acids is 1. The Bertz CT molecular complexity index is 670. The Morgan fingerprint density at radius 2 is 1.54 bits per heavy atom. The normalized spacial score (nSPS) is 10.2. The summed E-state index contributed by atoms with van der Waals surface area (Å²) >= 11 is 0. The summed E-state index contributed by atoms with van der Waals surface area (Å²) < 4.78 is 16.0. The van der Waals surface area contributed by atoms with Gasteiger partial charge in [0, 0.05) is 12.1 Å². The van der Waals surface area contributed by atoms with Gasteiger partial charge in [0.1, 0.15) is 0 Å². The van der Waals surface area contributed by atoms with E-state index in [1.807, 2.05) is 43.3 Å². The maximum Gasteiger partial charge on any atom is 0.251 e. The maximum absolute atomic E-state index is 12.1. The second-order valence-corrected chi connectivity index (χ2v) is 5.41. The fraction of sp³-hybridized carbons (Fsp3) is 0.316. The zero-order valence-electron chi connectivity index (χ0n) is 14.5. The van der Waals surface area contributed by atoms with Gasteiger partial charge in [0.2, 0.25) is 5.75 Å². The summed E-state index contributed by atoms with van der Waals surface area (Å²) in [6, 6.07) is 11.3. The van der Waals surface area contributed by atoms with E-state index in [0.29, 0.717) is 35.8 Å². The Labute approximate surface area is 142 Å². The highest BCUT2D eigenvalue weighted by Crippen LogP contribution is 2.38. The number of rotatable bonds is 7. The Kier molecular flexibility index (Phi) is 6.07. The summed E-state index contributed by atoms with van der Waals surface area (Å²) in [5.74, 6) is 1.70. The number of aryl methyl sites for hydroxylation is 1. The molecule has 1 N–H and O–H groups in total. The van der Waals surface area contributed by atoms with E-state index in [4.69, 9.17) is 14.2 Å². The third-order valence-electron chi connectivity index (χ3n) is 3.74. The molecular formula is C19H23NO4. The third-order valence-corrected chi connectivity index (χ3v) is 3.74. The van der Waals surface area contributed by atoms with Crippen LogP contribution < -0.4 is 19.5 Å². The van der Waals surface area contributed by atoms with Crippen molar-refractivity contribution in [2.75, 3.05) is 27.9 Å². The predicted octanol–water partition coefficient (Wildman–Crippen LogP) is 2.99. The van der Waals surface area contributed by atoms with Crippen molar-refractivity contribution in [1.82, 2.24) is 5.32 Å². The highest BCUT2D eigenvalue weighted by atomic mass is 16.5. The smallest absolute Gasteiger partial charge is 0.251 e. The molecule has 0 aliphatic carbocycles. The molecular weight excluding hydrogens is 306 g/mol. The number of methoxy groups -OCH3 is 3. The van der Waals surface area contributed by atoms with Crippen LogP contribution in [-0.2, 0) is 6.42 Å². The zero-order valence-corrected chi connectivity index (χ0v) is 14.5. The van der Waals surface area contributed by atoms with Crippen molar-refractivity contribution in [3.63, 3.8) is 0 Å². The van der Waals surface area contributed by atoms with Gasteiger partial charge in [0.15, 0.2) is 11.5 Å². The minimum atomic E-state index is -0.0811. The van der Waals surface area contributed by atoms with Gasteiger partial charge in [-0.2, -0.15) is 0 Å². The molecule has 0 radical (unpaired) electrons. The van der Waals surface area contributed by atoms with Gasteiger partial charge in [-0.1, -0.05) is 17.7 Å². The number of nitrogens with one attached hydrogen (secondary N) is 1. The molecule has 0 saturated heterocycles. The van der Waals surface area contributed by atoms with Crippen LogP contribution >= 0.6 is 0 Å². The van der Waals surface area contributed by atoms with E-state index >= 15 is 0 Å². The number of carbonyl (C=O) groups is 1. The van der Waals surface area contributed by atoms with Crippen LogP contribution in [0.2, 0.25) is 0 Å². The van der Waals surface area contributed by atoms with Crippen LogP contribution in [0, 0.1) is 6.92 Å². The molecule has 0 saturated carbocycles. The lowest BCUT2D eigenvalue weighted by Gasteiger charge is -2.14. The average molecular weight is 329 g/mol. The van der Waals surface area contributed by atoms with E-state index in [2.05, 4.69) is 5.32 Å². The first-order valence-electron chi connectivity index (χ1n) is 7.72. The van der Waals surface area contributed by atoms with Crippen LogP contribution in [0.25, 0.3) is 0 Å². The summed E-state index contributed by atoms with van der Waals surface area (Å²) in [6.07, 6.45) is 0.661. The van der Waals surface area contributed by atoms with E-state index < -0.39 is 0 Å². The lowest BCUT2D eigenvalue weighted by Crippen LogP contribution is -2.25. The molecule has 5 nitrogen and oxygen atoms in total. The molecule has 0 bridgehead atoms. The quantitative estimate of drug-likeness (QED) is 0.848. The lowest BCUT2D eigenvalue weighted by atomic mass is 10.1. The van der Waals surface area contributed by atoms with Crippen LogP contribution in [0.1, 0.15) is 21.5 Å². The largest absolute Gasteiger partial charge is 0.493 e. The molecule has 24 heavy (non-hydrogen) atoms. The molecule has 2 aromatic rings. The van der Waals surface area contributed by atoms with Crippen molar-refractivity contribution in [3.8, 4) is 17.2 Å². The van der Waals surface area contributed by atoms with Crippen molar-refractivity contribution >= 4 is 5.91 Å². The molecule has 0 aromatic heterocycles. The van der Waals surface area contributed by atoms with Crippen LogP contribution in [0.15, 0.2) is 36.4 Å².